The molecule has 0 bridgehead atoms. The molecule has 1 unspecified atom stereocenters. The van der Waals surface area contributed by atoms with Crippen molar-refractivity contribution in [3.05, 3.63) is 0 Å². The van der Waals surface area contributed by atoms with Crippen LogP contribution in [-0.4, -0.2) is 48.0 Å². The lowest BCUT2D eigenvalue weighted by Gasteiger charge is -2.22. The predicted molar refractivity (Wildman–Crippen MR) is 61.6 cm³/mol. The summed E-state index contributed by atoms with van der Waals surface area (Å²) in [5.41, 5.74) is 0. The Balaban J connectivity index is 2.19. The standard InChI is InChI=1S/C10H20N2OS/c1-8(2)12(3)10(13)6-11-9-4-5-14-7-9/h8-9,11H,4-7H2,1-3H3. The number of carbonyl (C=O) groups is 1. The predicted octanol–water partition coefficient (Wildman–Crippen LogP) is 0.948. The Morgan fingerprint density at radius 1 is 1.64 bits per heavy atom. The van der Waals surface area contributed by atoms with Crippen molar-refractivity contribution >= 4 is 17.7 Å². The number of nitrogens with zero attached hydrogens (tertiary/aromatic N) is 1. The third-order valence-electron chi connectivity index (χ3n) is 2.64. The fourth-order valence-corrected chi connectivity index (χ4v) is 2.53. The van der Waals surface area contributed by atoms with Gasteiger partial charge in [-0.2, -0.15) is 11.8 Å². The second-order valence-electron chi connectivity index (χ2n) is 4.04. The third kappa shape index (κ3) is 3.50. The van der Waals surface area contributed by atoms with Gasteiger partial charge in [-0.1, -0.05) is 0 Å². The first-order valence-electron chi connectivity index (χ1n) is 5.18. The molecule has 1 atom stereocenters. The topological polar surface area (TPSA) is 32.3 Å². The molecule has 1 amide bonds. The highest BCUT2D eigenvalue weighted by Gasteiger charge is 2.17. The Labute approximate surface area is 90.6 Å². The van der Waals surface area contributed by atoms with Crippen LogP contribution in [0.5, 0.6) is 0 Å². The van der Waals surface area contributed by atoms with Crippen LogP contribution in [0.25, 0.3) is 0 Å². The van der Waals surface area contributed by atoms with E-state index in [1.165, 1.54) is 12.2 Å². The van der Waals surface area contributed by atoms with Crippen molar-refractivity contribution < 1.29 is 4.79 Å². The van der Waals surface area contributed by atoms with Crippen molar-refractivity contribution in [3.63, 3.8) is 0 Å². The van der Waals surface area contributed by atoms with Gasteiger partial charge in [0.1, 0.15) is 0 Å². The molecule has 1 aliphatic rings. The zero-order valence-electron chi connectivity index (χ0n) is 9.25. The van der Waals surface area contributed by atoms with E-state index in [4.69, 9.17) is 0 Å². The van der Waals surface area contributed by atoms with Gasteiger partial charge in [-0.05, 0) is 26.0 Å². The Bertz CT molecular complexity index is 191. The van der Waals surface area contributed by atoms with Crippen LogP contribution in [0.4, 0.5) is 0 Å². The molecule has 1 N–H and O–H groups in total. The number of likely N-dealkylation sites (N-methyl/N-ethyl adjacent to an activating group) is 1. The first-order valence-corrected chi connectivity index (χ1v) is 6.33. The average molecular weight is 216 g/mol. The van der Waals surface area contributed by atoms with Gasteiger partial charge in [0.05, 0.1) is 6.54 Å². The zero-order chi connectivity index (χ0) is 10.6. The molecule has 0 aliphatic carbocycles. The lowest BCUT2D eigenvalue weighted by molar-refractivity contribution is -0.130. The SMILES string of the molecule is CC(C)N(C)C(=O)CNC1CCSC1. The zero-order valence-corrected chi connectivity index (χ0v) is 10.1. The highest BCUT2D eigenvalue weighted by atomic mass is 32.2. The van der Waals surface area contributed by atoms with E-state index in [1.54, 1.807) is 4.90 Å². The van der Waals surface area contributed by atoms with E-state index >= 15 is 0 Å². The summed E-state index contributed by atoms with van der Waals surface area (Å²) in [6.07, 6.45) is 1.20. The maximum absolute atomic E-state index is 11.6. The van der Waals surface area contributed by atoms with Crippen LogP contribution >= 0.6 is 11.8 Å². The molecule has 1 heterocycles. The lowest BCUT2D eigenvalue weighted by atomic mass is 10.2. The molecule has 0 radical (unpaired) electrons. The maximum atomic E-state index is 11.6. The minimum atomic E-state index is 0.192. The second kappa shape index (κ2) is 5.61. The fourth-order valence-electron chi connectivity index (χ4n) is 1.34. The van der Waals surface area contributed by atoms with E-state index < -0.39 is 0 Å². The molecule has 1 rings (SSSR count). The molecule has 82 valence electrons. The van der Waals surface area contributed by atoms with Gasteiger partial charge in [-0.3, -0.25) is 4.79 Å². The third-order valence-corrected chi connectivity index (χ3v) is 3.80. The quantitative estimate of drug-likeness (QED) is 0.759. The van der Waals surface area contributed by atoms with Gasteiger partial charge in [0.25, 0.3) is 0 Å². The van der Waals surface area contributed by atoms with Crippen molar-refractivity contribution in [1.82, 2.24) is 10.2 Å². The number of hydrogen-bond donors (Lipinski definition) is 1. The van der Waals surface area contributed by atoms with Gasteiger partial charge < -0.3 is 10.2 Å². The molecule has 4 heteroatoms. The normalized spacial score (nSPS) is 21.6. The molecule has 1 saturated heterocycles. The van der Waals surface area contributed by atoms with Crippen molar-refractivity contribution in [1.29, 1.82) is 0 Å². The van der Waals surface area contributed by atoms with Crippen LogP contribution in [0, 0.1) is 0 Å². The van der Waals surface area contributed by atoms with Gasteiger partial charge in [0.2, 0.25) is 5.91 Å². The maximum Gasteiger partial charge on any atom is 0.236 e. The van der Waals surface area contributed by atoms with Crippen LogP contribution in [0.15, 0.2) is 0 Å². The summed E-state index contributed by atoms with van der Waals surface area (Å²) < 4.78 is 0. The van der Waals surface area contributed by atoms with Crippen molar-refractivity contribution in [2.75, 3.05) is 25.1 Å². The minimum absolute atomic E-state index is 0.192. The van der Waals surface area contributed by atoms with E-state index in [1.807, 2.05) is 32.7 Å². The summed E-state index contributed by atoms with van der Waals surface area (Å²) in [7, 11) is 1.86. The van der Waals surface area contributed by atoms with Crippen LogP contribution < -0.4 is 5.32 Å². The second-order valence-corrected chi connectivity index (χ2v) is 5.19. The molecule has 1 fully saturated rings. The van der Waals surface area contributed by atoms with E-state index in [0.717, 1.165) is 5.75 Å². The van der Waals surface area contributed by atoms with Crippen LogP contribution in [0.2, 0.25) is 0 Å². The molecule has 3 nitrogen and oxygen atoms in total. The summed E-state index contributed by atoms with van der Waals surface area (Å²) in [5, 5.41) is 3.31. The summed E-state index contributed by atoms with van der Waals surface area (Å²) in [6.45, 7) is 4.55. The lowest BCUT2D eigenvalue weighted by Crippen LogP contribution is -2.42. The molecular weight excluding hydrogens is 196 g/mol. The van der Waals surface area contributed by atoms with Crippen molar-refractivity contribution in [2.24, 2.45) is 0 Å². The molecule has 0 aromatic rings. The van der Waals surface area contributed by atoms with Gasteiger partial charge in [0.15, 0.2) is 0 Å². The molecule has 14 heavy (non-hydrogen) atoms. The number of hydrogen-bond acceptors (Lipinski definition) is 3. The Morgan fingerprint density at radius 2 is 2.36 bits per heavy atom. The molecule has 1 aliphatic heterocycles. The van der Waals surface area contributed by atoms with Gasteiger partial charge in [-0.15, -0.1) is 0 Å². The summed E-state index contributed by atoms with van der Waals surface area (Å²) >= 11 is 1.96. The smallest absolute Gasteiger partial charge is 0.236 e. The average Bonchev–Trinajstić information content (AvgIpc) is 2.65. The van der Waals surface area contributed by atoms with E-state index in [-0.39, 0.29) is 5.91 Å². The van der Waals surface area contributed by atoms with Crippen molar-refractivity contribution in [2.45, 2.75) is 32.4 Å². The highest BCUT2D eigenvalue weighted by molar-refractivity contribution is 7.99. The molecule has 0 aromatic carbocycles. The van der Waals surface area contributed by atoms with E-state index in [9.17, 15) is 4.79 Å². The highest BCUT2D eigenvalue weighted by Crippen LogP contribution is 2.16. The van der Waals surface area contributed by atoms with Crippen LogP contribution in [0.3, 0.4) is 0 Å². The van der Waals surface area contributed by atoms with Crippen LogP contribution in [-0.2, 0) is 4.79 Å². The first kappa shape index (κ1) is 11.9. The van der Waals surface area contributed by atoms with Gasteiger partial charge in [-0.25, -0.2) is 0 Å². The molecule has 0 aromatic heterocycles. The Kier molecular flexibility index (Phi) is 4.75. The Morgan fingerprint density at radius 3 is 2.86 bits per heavy atom. The molecule has 0 saturated carbocycles. The summed E-state index contributed by atoms with van der Waals surface area (Å²) in [5.74, 6) is 2.57. The largest absolute Gasteiger partial charge is 0.342 e. The summed E-state index contributed by atoms with van der Waals surface area (Å²) in [6, 6.07) is 0.840. The number of nitrogens with one attached hydrogen (secondary N) is 1. The van der Waals surface area contributed by atoms with E-state index in [0.29, 0.717) is 18.6 Å². The van der Waals surface area contributed by atoms with Crippen molar-refractivity contribution in [3.8, 4) is 0 Å². The van der Waals surface area contributed by atoms with Gasteiger partial charge in [0, 0.05) is 24.9 Å². The first-order chi connectivity index (χ1) is 6.61. The minimum Gasteiger partial charge on any atom is -0.342 e. The number of thioether (sulfide) groups is 1. The monoisotopic (exact) mass is 216 g/mol. The molecular formula is C10H20N2OS. The number of amides is 1. The fraction of sp³-hybridized carbons (Fsp3) is 0.900. The van der Waals surface area contributed by atoms with E-state index in [2.05, 4.69) is 5.32 Å². The Hall–Kier alpha value is -0.220. The van der Waals surface area contributed by atoms with Crippen LogP contribution in [0.1, 0.15) is 20.3 Å². The number of rotatable bonds is 4. The summed E-state index contributed by atoms with van der Waals surface area (Å²) in [4.78, 5) is 13.4. The molecule has 0 spiro atoms. The number of carbonyl (C=O) groups excluding carboxylic acids is 1. The van der Waals surface area contributed by atoms with Gasteiger partial charge >= 0.3 is 0 Å².